The summed E-state index contributed by atoms with van der Waals surface area (Å²) in [5.74, 6) is 0.669. The number of anilines is 1. The van der Waals surface area contributed by atoms with Crippen LogP contribution in [0.3, 0.4) is 0 Å². The predicted octanol–water partition coefficient (Wildman–Crippen LogP) is 1.75. The lowest BCUT2D eigenvalue weighted by molar-refractivity contribution is 0.220. The zero-order valence-electron chi connectivity index (χ0n) is 9.50. The Morgan fingerprint density at radius 3 is 2.59 bits per heavy atom. The molecule has 0 radical (unpaired) electrons. The van der Waals surface area contributed by atoms with E-state index in [-0.39, 0.29) is 0 Å². The van der Waals surface area contributed by atoms with Gasteiger partial charge in [-0.3, -0.25) is 4.98 Å². The highest BCUT2D eigenvalue weighted by Gasteiger charge is 2.14. The molecule has 1 aromatic carbocycles. The Balaban J connectivity index is 2.40. The number of hydrogen-bond donors (Lipinski definition) is 2. The SMILES string of the molecule is COc1ccc(N)c(C(O)c2ccncc2)c1. The fourth-order valence-electron chi connectivity index (χ4n) is 1.64. The van der Waals surface area contributed by atoms with Crippen molar-refractivity contribution in [2.45, 2.75) is 6.10 Å². The van der Waals surface area contributed by atoms with Gasteiger partial charge in [0, 0.05) is 23.6 Å². The van der Waals surface area contributed by atoms with E-state index in [1.54, 1.807) is 49.8 Å². The maximum absolute atomic E-state index is 10.2. The number of hydrogen-bond acceptors (Lipinski definition) is 4. The van der Waals surface area contributed by atoms with E-state index in [0.29, 0.717) is 17.0 Å². The van der Waals surface area contributed by atoms with Gasteiger partial charge in [0.15, 0.2) is 0 Å². The Labute approximate surface area is 99.7 Å². The minimum absolute atomic E-state index is 0.537. The van der Waals surface area contributed by atoms with Gasteiger partial charge < -0.3 is 15.6 Å². The lowest BCUT2D eigenvalue weighted by atomic mass is 10.0. The molecule has 17 heavy (non-hydrogen) atoms. The standard InChI is InChI=1S/C13H14N2O2/c1-17-10-2-3-12(14)11(8-10)13(16)9-4-6-15-7-5-9/h2-8,13,16H,14H2,1H3. The summed E-state index contributed by atoms with van der Waals surface area (Å²) in [6.07, 6.45) is 2.50. The van der Waals surface area contributed by atoms with Gasteiger partial charge in [0.05, 0.1) is 7.11 Å². The van der Waals surface area contributed by atoms with E-state index in [2.05, 4.69) is 4.98 Å². The van der Waals surface area contributed by atoms with Crippen molar-refractivity contribution >= 4 is 5.69 Å². The number of aromatic nitrogens is 1. The number of nitrogens with zero attached hydrogens (tertiary/aromatic N) is 1. The average molecular weight is 230 g/mol. The first-order valence-electron chi connectivity index (χ1n) is 5.24. The van der Waals surface area contributed by atoms with Gasteiger partial charge >= 0.3 is 0 Å². The highest BCUT2D eigenvalue weighted by molar-refractivity contribution is 5.53. The molecule has 0 amide bonds. The number of methoxy groups -OCH3 is 1. The Kier molecular flexibility index (Phi) is 3.25. The molecule has 88 valence electrons. The number of nitrogens with two attached hydrogens (primary N) is 1. The Morgan fingerprint density at radius 2 is 1.94 bits per heavy atom. The van der Waals surface area contributed by atoms with Gasteiger partial charge in [-0.25, -0.2) is 0 Å². The summed E-state index contributed by atoms with van der Waals surface area (Å²) in [5, 5.41) is 10.2. The third-order valence-corrected chi connectivity index (χ3v) is 2.61. The van der Waals surface area contributed by atoms with Gasteiger partial charge in [-0.2, -0.15) is 0 Å². The Hall–Kier alpha value is -2.07. The molecule has 0 aliphatic rings. The van der Waals surface area contributed by atoms with Crippen LogP contribution in [0.4, 0.5) is 5.69 Å². The van der Waals surface area contributed by atoms with Crippen molar-refractivity contribution < 1.29 is 9.84 Å². The van der Waals surface area contributed by atoms with Gasteiger partial charge in [0.25, 0.3) is 0 Å². The lowest BCUT2D eigenvalue weighted by Gasteiger charge is -2.14. The highest BCUT2D eigenvalue weighted by Crippen LogP contribution is 2.29. The molecule has 1 unspecified atom stereocenters. The van der Waals surface area contributed by atoms with Crippen LogP contribution in [0.5, 0.6) is 5.75 Å². The van der Waals surface area contributed by atoms with Gasteiger partial charge in [-0.15, -0.1) is 0 Å². The van der Waals surface area contributed by atoms with E-state index in [9.17, 15) is 5.11 Å². The maximum atomic E-state index is 10.2. The first kappa shape index (κ1) is 11.4. The molecule has 0 saturated heterocycles. The number of aliphatic hydroxyl groups excluding tert-OH is 1. The molecule has 1 atom stereocenters. The molecule has 4 nitrogen and oxygen atoms in total. The van der Waals surface area contributed by atoms with Crippen molar-refractivity contribution in [2.75, 3.05) is 12.8 Å². The fourth-order valence-corrected chi connectivity index (χ4v) is 1.64. The second-order valence-corrected chi connectivity index (χ2v) is 3.68. The summed E-state index contributed by atoms with van der Waals surface area (Å²) in [7, 11) is 1.58. The van der Waals surface area contributed by atoms with E-state index in [4.69, 9.17) is 10.5 Å². The number of aliphatic hydroxyl groups is 1. The highest BCUT2D eigenvalue weighted by atomic mass is 16.5. The zero-order valence-corrected chi connectivity index (χ0v) is 9.50. The second-order valence-electron chi connectivity index (χ2n) is 3.68. The molecule has 3 N–H and O–H groups in total. The van der Waals surface area contributed by atoms with Crippen molar-refractivity contribution in [3.8, 4) is 5.75 Å². The summed E-state index contributed by atoms with van der Waals surface area (Å²) >= 11 is 0. The van der Waals surface area contributed by atoms with Crippen LogP contribution in [0.15, 0.2) is 42.7 Å². The monoisotopic (exact) mass is 230 g/mol. The zero-order chi connectivity index (χ0) is 12.3. The van der Waals surface area contributed by atoms with E-state index in [1.807, 2.05) is 0 Å². The summed E-state index contributed by atoms with van der Waals surface area (Å²) in [6.45, 7) is 0. The van der Waals surface area contributed by atoms with E-state index < -0.39 is 6.10 Å². The van der Waals surface area contributed by atoms with Gasteiger partial charge in [0.2, 0.25) is 0 Å². The van der Waals surface area contributed by atoms with Crippen LogP contribution in [-0.2, 0) is 0 Å². The number of nitrogen functional groups attached to an aromatic ring is 1. The molecule has 0 fully saturated rings. The van der Waals surface area contributed by atoms with Crippen molar-refractivity contribution in [2.24, 2.45) is 0 Å². The second kappa shape index (κ2) is 4.84. The van der Waals surface area contributed by atoms with Crippen LogP contribution in [0.25, 0.3) is 0 Å². The molecule has 0 aliphatic carbocycles. The maximum Gasteiger partial charge on any atom is 0.119 e. The van der Waals surface area contributed by atoms with Crippen molar-refractivity contribution in [3.05, 3.63) is 53.9 Å². The first-order valence-corrected chi connectivity index (χ1v) is 5.24. The average Bonchev–Trinajstić information content (AvgIpc) is 2.39. The summed E-state index contributed by atoms with van der Waals surface area (Å²) in [4.78, 5) is 3.91. The minimum Gasteiger partial charge on any atom is -0.497 e. The molecular weight excluding hydrogens is 216 g/mol. The van der Waals surface area contributed by atoms with E-state index in [1.165, 1.54) is 0 Å². The molecule has 0 aliphatic heterocycles. The Morgan fingerprint density at radius 1 is 1.24 bits per heavy atom. The van der Waals surface area contributed by atoms with E-state index in [0.717, 1.165) is 5.56 Å². The predicted molar refractivity (Wildman–Crippen MR) is 65.7 cm³/mol. The number of ether oxygens (including phenoxy) is 1. The lowest BCUT2D eigenvalue weighted by Crippen LogP contribution is -2.04. The molecule has 1 aromatic heterocycles. The normalized spacial score (nSPS) is 12.1. The number of pyridine rings is 1. The molecule has 4 heteroatoms. The van der Waals surface area contributed by atoms with E-state index >= 15 is 0 Å². The third-order valence-electron chi connectivity index (χ3n) is 2.61. The van der Waals surface area contributed by atoms with Gasteiger partial charge in [-0.05, 0) is 35.9 Å². The van der Waals surface area contributed by atoms with Crippen LogP contribution in [0, 0.1) is 0 Å². The van der Waals surface area contributed by atoms with Gasteiger partial charge in [-0.1, -0.05) is 0 Å². The van der Waals surface area contributed by atoms with Crippen LogP contribution < -0.4 is 10.5 Å². The summed E-state index contributed by atoms with van der Waals surface area (Å²) in [5.41, 5.74) is 7.77. The smallest absolute Gasteiger partial charge is 0.119 e. The molecule has 0 saturated carbocycles. The third kappa shape index (κ3) is 2.37. The fraction of sp³-hybridized carbons (Fsp3) is 0.154. The molecular formula is C13H14N2O2. The summed E-state index contributed by atoms with van der Waals surface area (Å²) in [6, 6.07) is 8.73. The summed E-state index contributed by atoms with van der Waals surface area (Å²) < 4.78 is 5.12. The number of rotatable bonds is 3. The largest absolute Gasteiger partial charge is 0.497 e. The molecule has 2 rings (SSSR count). The van der Waals surface area contributed by atoms with Crippen LogP contribution in [0.1, 0.15) is 17.2 Å². The van der Waals surface area contributed by atoms with Crippen molar-refractivity contribution in [1.82, 2.24) is 4.98 Å². The Bertz CT molecular complexity index is 500. The first-order chi connectivity index (χ1) is 8.22. The molecule has 0 bridgehead atoms. The molecule has 2 aromatic rings. The van der Waals surface area contributed by atoms with Crippen molar-refractivity contribution in [1.29, 1.82) is 0 Å². The minimum atomic E-state index is -0.770. The van der Waals surface area contributed by atoms with Crippen LogP contribution >= 0.6 is 0 Å². The quantitative estimate of drug-likeness (QED) is 0.788. The van der Waals surface area contributed by atoms with Crippen LogP contribution in [-0.4, -0.2) is 17.2 Å². The molecule has 1 heterocycles. The number of benzene rings is 1. The van der Waals surface area contributed by atoms with Crippen molar-refractivity contribution in [3.63, 3.8) is 0 Å². The van der Waals surface area contributed by atoms with Crippen LogP contribution in [0.2, 0.25) is 0 Å². The molecule has 0 spiro atoms. The topological polar surface area (TPSA) is 68.4 Å². The van der Waals surface area contributed by atoms with Gasteiger partial charge in [0.1, 0.15) is 11.9 Å².